The van der Waals surface area contributed by atoms with Crippen molar-refractivity contribution >= 4 is 23.2 Å². The Bertz CT molecular complexity index is 673. The summed E-state index contributed by atoms with van der Waals surface area (Å²) in [7, 11) is 0. The minimum Gasteiger partial charge on any atom is -0.491 e. The molecule has 5 heteroatoms. The van der Waals surface area contributed by atoms with Crippen molar-refractivity contribution in [1.82, 2.24) is 0 Å². The molecule has 0 fully saturated rings. The van der Waals surface area contributed by atoms with E-state index >= 15 is 0 Å². The third kappa shape index (κ3) is 5.18. The molecule has 0 aliphatic carbocycles. The summed E-state index contributed by atoms with van der Waals surface area (Å²) in [5.74, 6) is 0.929. The van der Waals surface area contributed by atoms with E-state index in [4.69, 9.17) is 21.1 Å². The molecular weight excluding hydrogens is 314 g/mol. The molecule has 0 aromatic heterocycles. The Balaban J connectivity index is 1.99. The lowest BCUT2D eigenvalue weighted by atomic mass is 10.2. The Kier molecular flexibility index (Phi) is 5.88. The maximum Gasteiger partial charge on any atom is 0.265 e. The quantitative estimate of drug-likeness (QED) is 0.844. The second kappa shape index (κ2) is 7.88. The standard InChI is InChI=1S/C18H20ClNO3/c1-12(2)22-15-8-6-7-14(11-15)20-18(21)13(3)23-17-10-5-4-9-16(17)19/h4-13H,1-3H3,(H,20,21)/t13-/m1/s1. The second-order valence-corrected chi connectivity index (χ2v) is 5.78. The van der Waals surface area contributed by atoms with Gasteiger partial charge in [0, 0.05) is 11.8 Å². The van der Waals surface area contributed by atoms with Gasteiger partial charge < -0.3 is 14.8 Å². The number of amides is 1. The van der Waals surface area contributed by atoms with Gasteiger partial charge in [-0.05, 0) is 45.0 Å². The van der Waals surface area contributed by atoms with E-state index in [9.17, 15) is 4.79 Å². The van der Waals surface area contributed by atoms with Crippen molar-refractivity contribution in [3.63, 3.8) is 0 Å². The Morgan fingerprint density at radius 2 is 1.78 bits per heavy atom. The van der Waals surface area contributed by atoms with Gasteiger partial charge >= 0.3 is 0 Å². The van der Waals surface area contributed by atoms with Crippen molar-refractivity contribution in [2.75, 3.05) is 5.32 Å². The number of carbonyl (C=O) groups excluding carboxylic acids is 1. The number of carbonyl (C=O) groups is 1. The molecule has 0 radical (unpaired) electrons. The molecule has 2 rings (SSSR count). The summed E-state index contributed by atoms with van der Waals surface area (Å²) in [6, 6.07) is 14.3. The van der Waals surface area contributed by atoms with E-state index in [1.54, 1.807) is 43.3 Å². The lowest BCUT2D eigenvalue weighted by Gasteiger charge is -2.16. The van der Waals surface area contributed by atoms with Crippen LogP contribution in [0.1, 0.15) is 20.8 Å². The van der Waals surface area contributed by atoms with Crippen LogP contribution in [0.25, 0.3) is 0 Å². The minimum atomic E-state index is -0.676. The predicted octanol–water partition coefficient (Wildman–Crippen LogP) is 4.53. The summed E-state index contributed by atoms with van der Waals surface area (Å²) in [5, 5.41) is 3.28. The van der Waals surface area contributed by atoms with Crippen molar-refractivity contribution < 1.29 is 14.3 Å². The Morgan fingerprint density at radius 1 is 1.04 bits per heavy atom. The molecule has 23 heavy (non-hydrogen) atoms. The fourth-order valence-corrected chi connectivity index (χ4v) is 2.13. The van der Waals surface area contributed by atoms with Crippen molar-refractivity contribution in [3.05, 3.63) is 53.6 Å². The summed E-state index contributed by atoms with van der Waals surface area (Å²) in [4.78, 5) is 12.2. The number of para-hydroxylation sites is 1. The Morgan fingerprint density at radius 3 is 2.48 bits per heavy atom. The average Bonchev–Trinajstić information content (AvgIpc) is 2.49. The van der Waals surface area contributed by atoms with Crippen molar-refractivity contribution in [3.8, 4) is 11.5 Å². The van der Waals surface area contributed by atoms with Gasteiger partial charge in [0.25, 0.3) is 5.91 Å². The van der Waals surface area contributed by atoms with Crippen LogP contribution in [0.5, 0.6) is 11.5 Å². The number of anilines is 1. The van der Waals surface area contributed by atoms with Crippen molar-refractivity contribution in [2.24, 2.45) is 0 Å². The zero-order valence-corrected chi connectivity index (χ0v) is 14.1. The first-order chi connectivity index (χ1) is 11.0. The van der Waals surface area contributed by atoms with E-state index in [-0.39, 0.29) is 12.0 Å². The zero-order valence-electron chi connectivity index (χ0n) is 13.4. The number of halogens is 1. The van der Waals surface area contributed by atoms with Crippen molar-refractivity contribution in [2.45, 2.75) is 33.0 Å². The molecule has 0 aliphatic heterocycles. The summed E-state index contributed by atoms with van der Waals surface area (Å²) in [5.41, 5.74) is 0.655. The van der Waals surface area contributed by atoms with Crippen LogP contribution in [0.4, 0.5) is 5.69 Å². The van der Waals surface area contributed by atoms with Crippen LogP contribution in [0.3, 0.4) is 0 Å². The summed E-state index contributed by atoms with van der Waals surface area (Å²) >= 11 is 6.03. The number of nitrogens with one attached hydrogen (secondary N) is 1. The number of benzene rings is 2. The fraction of sp³-hybridized carbons (Fsp3) is 0.278. The van der Waals surface area contributed by atoms with E-state index in [0.717, 1.165) is 0 Å². The number of ether oxygens (including phenoxy) is 2. The topological polar surface area (TPSA) is 47.6 Å². The van der Waals surface area contributed by atoms with E-state index in [0.29, 0.717) is 22.2 Å². The number of hydrogen-bond acceptors (Lipinski definition) is 3. The van der Waals surface area contributed by atoms with E-state index in [1.165, 1.54) is 0 Å². The van der Waals surface area contributed by atoms with Gasteiger partial charge in [-0.2, -0.15) is 0 Å². The molecule has 2 aromatic rings. The van der Waals surface area contributed by atoms with Gasteiger partial charge in [0.2, 0.25) is 0 Å². The van der Waals surface area contributed by atoms with Crippen LogP contribution in [0.15, 0.2) is 48.5 Å². The molecule has 0 bridgehead atoms. The van der Waals surface area contributed by atoms with Crippen LogP contribution in [0.2, 0.25) is 5.02 Å². The molecule has 0 unspecified atom stereocenters. The average molecular weight is 334 g/mol. The third-order valence-electron chi connectivity index (χ3n) is 2.98. The summed E-state index contributed by atoms with van der Waals surface area (Å²) in [6.45, 7) is 5.57. The molecule has 0 saturated carbocycles. The van der Waals surface area contributed by atoms with Gasteiger partial charge in [-0.1, -0.05) is 29.8 Å². The van der Waals surface area contributed by atoms with Gasteiger partial charge in [-0.3, -0.25) is 4.79 Å². The number of rotatable bonds is 6. The van der Waals surface area contributed by atoms with Gasteiger partial charge in [0.15, 0.2) is 6.10 Å². The molecule has 122 valence electrons. The van der Waals surface area contributed by atoms with Gasteiger partial charge in [0.1, 0.15) is 11.5 Å². The molecule has 0 aliphatic rings. The van der Waals surface area contributed by atoms with Gasteiger partial charge in [0.05, 0.1) is 11.1 Å². The van der Waals surface area contributed by atoms with Crippen LogP contribution in [-0.4, -0.2) is 18.1 Å². The van der Waals surface area contributed by atoms with Crippen molar-refractivity contribution in [1.29, 1.82) is 0 Å². The highest BCUT2D eigenvalue weighted by atomic mass is 35.5. The molecule has 4 nitrogen and oxygen atoms in total. The SMILES string of the molecule is CC(C)Oc1cccc(NC(=O)[C@@H](C)Oc2ccccc2Cl)c1. The molecule has 0 spiro atoms. The zero-order chi connectivity index (χ0) is 16.8. The van der Waals surface area contributed by atoms with Crippen LogP contribution < -0.4 is 14.8 Å². The lowest BCUT2D eigenvalue weighted by molar-refractivity contribution is -0.122. The Hall–Kier alpha value is -2.20. The van der Waals surface area contributed by atoms with Crippen LogP contribution in [0, 0.1) is 0 Å². The molecule has 0 saturated heterocycles. The summed E-state index contributed by atoms with van der Waals surface area (Å²) in [6.07, 6.45) is -0.604. The third-order valence-corrected chi connectivity index (χ3v) is 3.30. The monoisotopic (exact) mass is 333 g/mol. The highest BCUT2D eigenvalue weighted by Gasteiger charge is 2.16. The molecular formula is C18H20ClNO3. The first kappa shape index (κ1) is 17.2. The molecule has 1 atom stereocenters. The highest BCUT2D eigenvalue weighted by molar-refractivity contribution is 6.32. The van der Waals surface area contributed by atoms with Gasteiger partial charge in [-0.15, -0.1) is 0 Å². The lowest BCUT2D eigenvalue weighted by Crippen LogP contribution is -2.30. The molecule has 2 aromatic carbocycles. The maximum atomic E-state index is 12.2. The maximum absolute atomic E-state index is 12.2. The largest absolute Gasteiger partial charge is 0.491 e. The first-order valence-corrected chi connectivity index (χ1v) is 7.82. The van der Waals surface area contributed by atoms with E-state index in [2.05, 4.69) is 5.32 Å². The molecule has 0 heterocycles. The Labute approximate surface area is 141 Å². The second-order valence-electron chi connectivity index (χ2n) is 5.37. The fourth-order valence-electron chi connectivity index (χ4n) is 1.95. The highest BCUT2D eigenvalue weighted by Crippen LogP contribution is 2.24. The predicted molar refractivity (Wildman–Crippen MR) is 92.4 cm³/mol. The van der Waals surface area contributed by atoms with E-state index in [1.807, 2.05) is 26.0 Å². The molecule has 1 N–H and O–H groups in total. The molecule has 1 amide bonds. The van der Waals surface area contributed by atoms with Gasteiger partial charge in [-0.25, -0.2) is 0 Å². The number of hydrogen-bond donors (Lipinski definition) is 1. The first-order valence-electron chi connectivity index (χ1n) is 7.44. The summed E-state index contributed by atoms with van der Waals surface area (Å²) < 4.78 is 11.2. The normalized spacial score (nSPS) is 11.9. The van der Waals surface area contributed by atoms with Crippen LogP contribution >= 0.6 is 11.6 Å². The van der Waals surface area contributed by atoms with E-state index < -0.39 is 6.10 Å². The smallest absolute Gasteiger partial charge is 0.265 e. The minimum absolute atomic E-state index is 0.0726. The van der Waals surface area contributed by atoms with Crippen LogP contribution in [-0.2, 0) is 4.79 Å².